The smallest absolute Gasteiger partial charge is 0.0186 e. The monoisotopic (exact) mass is 320 g/mol. The third-order valence-corrected chi connectivity index (χ3v) is 5.87. The number of hydrogen-bond acceptors (Lipinski definition) is 1. The zero-order valence-corrected chi connectivity index (χ0v) is 15.2. The topological polar surface area (TPSA) is 0 Å². The molecule has 0 aliphatic heterocycles. The van der Waals surface area contributed by atoms with Crippen LogP contribution in [-0.2, 0) is 11.8 Å². The number of hydrogen-bond donors (Lipinski definition) is 0. The van der Waals surface area contributed by atoms with E-state index in [0.717, 1.165) is 6.42 Å². The van der Waals surface area contributed by atoms with Crippen molar-refractivity contribution in [3.63, 3.8) is 0 Å². The minimum atomic E-state index is 0.146. The molecule has 23 heavy (non-hydrogen) atoms. The predicted octanol–water partition coefficient (Wildman–Crippen LogP) is 6.94. The normalized spacial score (nSPS) is 11.7. The van der Waals surface area contributed by atoms with E-state index < -0.39 is 0 Å². The van der Waals surface area contributed by atoms with E-state index in [1.165, 1.54) is 32.0 Å². The first-order valence-corrected chi connectivity index (χ1v) is 9.11. The zero-order chi connectivity index (χ0) is 16.4. The third-order valence-electron chi connectivity index (χ3n) is 4.11. The molecule has 3 rings (SSSR count). The SMILES string of the molecule is CCc1sc(C(C)(C)C)c(-c2ccccc2)c1-c1ccccc1. The van der Waals surface area contributed by atoms with Crippen molar-refractivity contribution in [2.75, 3.05) is 0 Å². The van der Waals surface area contributed by atoms with Crippen molar-refractivity contribution in [1.29, 1.82) is 0 Å². The number of benzene rings is 2. The molecule has 1 heteroatoms. The van der Waals surface area contributed by atoms with Gasteiger partial charge in [0.05, 0.1) is 0 Å². The summed E-state index contributed by atoms with van der Waals surface area (Å²) in [6.45, 7) is 9.22. The summed E-state index contributed by atoms with van der Waals surface area (Å²) in [5, 5.41) is 0. The van der Waals surface area contributed by atoms with Gasteiger partial charge in [0.15, 0.2) is 0 Å². The Bertz CT molecular complexity index is 774. The summed E-state index contributed by atoms with van der Waals surface area (Å²) in [5.41, 5.74) is 5.65. The Morgan fingerprint density at radius 1 is 0.739 bits per heavy atom. The van der Waals surface area contributed by atoms with Gasteiger partial charge in [0.2, 0.25) is 0 Å². The lowest BCUT2D eigenvalue weighted by atomic mass is 9.85. The molecule has 0 fully saturated rings. The summed E-state index contributed by atoms with van der Waals surface area (Å²) in [6, 6.07) is 21.7. The summed E-state index contributed by atoms with van der Waals surface area (Å²) < 4.78 is 0. The molecule has 0 bridgehead atoms. The molecule has 2 aromatic carbocycles. The summed E-state index contributed by atoms with van der Waals surface area (Å²) in [4.78, 5) is 2.97. The highest BCUT2D eigenvalue weighted by Gasteiger charge is 2.27. The van der Waals surface area contributed by atoms with Crippen molar-refractivity contribution >= 4 is 11.3 Å². The lowest BCUT2D eigenvalue weighted by Crippen LogP contribution is -2.10. The maximum Gasteiger partial charge on any atom is 0.0186 e. The van der Waals surface area contributed by atoms with E-state index >= 15 is 0 Å². The summed E-state index contributed by atoms with van der Waals surface area (Å²) >= 11 is 1.98. The van der Waals surface area contributed by atoms with Gasteiger partial charge in [-0.3, -0.25) is 0 Å². The molecule has 0 N–H and O–H groups in total. The highest BCUT2D eigenvalue weighted by atomic mass is 32.1. The van der Waals surface area contributed by atoms with Gasteiger partial charge in [0.25, 0.3) is 0 Å². The minimum absolute atomic E-state index is 0.146. The zero-order valence-electron chi connectivity index (χ0n) is 14.4. The van der Waals surface area contributed by atoms with Gasteiger partial charge in [-0.15, -0.1) is 11.3 Å². The molecule has 0 amide bonds. The second-order valence-electron chi connectivity index (χ2n) is 6.94. The first kappa shape index (κ1) is 16.0. The second kappa shape index (κ2) is 6.33. The van der Waals surface area contributed by atoms with E-state index in [1.807, 2.05) is 11.3 Å². The molecule has 0 spiro atoms. The van der Waals surface area contributed by atoms with Crippen LogP contribution in [0.15, 0.2) is 60.7 Å². The number of aryl methyl sites for hydroxylation is 1. The lowest BCUT2D eigenvalue weighted by molar-refractivity contribution is 0.605. The molecular weight excluding hydrogens is 296 g/mol. The highest BCUT2D eigenvalue weighted by molar-refractivity contribution is 7.13. The maximum atomic E-state index is 2.32. The highest BCUT2D eigenvalue weighted by Crippen LogP contribution is 2.47. The summed E-state index contributed by atoms with van der Waals surface area (Å²) in [5.74, 6) is 0. The Labute approximate surface area is 143 Å². The molecule has 0 radical (unpaired) electrons. The third kappa shape index (κ3) is 3.11. The molecular formula is C22H24S. The molecule has 1 heterocycles. The van der Waals surface area contributed by atoms with Crippen LogP contribution < -0.4 is 0 Å². The predicted molar refractivity (Wildman–Crippen MR) is 103 cm³/mol. The van der Waals surface area contributed by atoms with Crippen molar-refractivity contribution in [2.45, 2.75) is 39.5 Å². The van der Waals surface area contributed by atoms with Crippen molar-refractivity contribution in [1.82, 2.24) is 0 Å². The fourth-order valence-corrected chi connectivity index (χ4v) is 4.39. The Kier molecular flexibility index (Phi) is 4.41. The molecule has 0 aliphatic carbocycles. The number of thiophene rings is 1. The minimum Gasteiger partial charge on any atom is -0.144 e. The van der Waals surface area contributed by atoms with Gasteiger partial charge >= 0.3 is 0 Å². The van der Waals surface area contributed by atoms with Crippen molar-refractivity contribution < 1.29 is 0 Å². The Morgan fingerprint density at radius 2 is 1.22 bits per heavy atom. The van der Waals surface area contributed by atoms with Crippen LogP contribution in [0, 0.1) is 0 Å². The molecule has 0 aliphatic rings. The van der Waals surface area contributed by atoms with Crippen LogP contribution in [0.25, 0.3) is 22.3 Å². The maximum absolute atomic E-state index is 2.32. The van der Waals surface area contributed by atoms with Crippen LogP contribution in [0.4, 0.5) is 0 Å². The molecule has 0 saturated carbocycles. The van der Waals surface area contributed by atoms with Crippen LogP contribution in [-0.4, -0.2) is 0 Å². The molecule has 0 unspecified atom stereocenters. The van der Waals surface area contributed by atoms with Crippen molar-refractivity contribution in [3.8, 4) is 22.3 Å². The van der Waals surface area contributed by atoms with Gasteiger partial charge < -0.3 is 0 Å². The molecule has 0 nitrogen and oxygen atoms in total. The van der Waals surface area contributed by atoms with Crippen LogP contribution >= 0.6 is 11.3 Å². The molecule has 3 aromatic rings. The Hall–Kier alpha value is -1.86. The van der Waals surface area contributed by atoms with Crippen molar-refractivity contribution in [2.24, 2.45) is 0 Å². The van der Waals surface area contributed by atoms with Crippen LogP contribution in [0.3, 0.4) is 0 Å². The van der Waals surface area contributed by atoms with E-state index in [0.29, 0.717) is 0 Å². The lowest BCUT2D eigenvalue weighted by Gasteiger charge is -2.20. The second-order valence-corrected chi connectivity index (χ2v) is 8.05. The quantitative estimate of drug-likeness (QED) is 0.490. The molecule has 118 valence electrons. The van der Waals surface area contributed by atoms with Gasteiger partial charge in [-0.1, -0.05) is 88.4 Å². The van der Waals surface area contributed by atoms with E-state index in [4.69, 9.17) is 0 Å². The van der Waals surface area contributed by atoms with Gasteiger partial charge in [-0.25, -0.2) is 0 Å². The van der Waals surface area contributed by atoms with Gasteiger partial charge in [0.1, 0.15) is 0 Å². The van der Waals surface area contributed by atoms with E-state index in [9.17, 15) is 0 Å². The molecule has 0 atom stereocenters. The Morgan fingerprint density at radius 3 is 1.65 bits per heavy atom. The largest absolute Gasteiger partial charge is 0.144 e. The molecule has 0 saturated heterocycles. The fraction of sp³-hybridized carbons (Fsp3) is 0.273. The molecule has 1 aromatic heterocycles. The summed E-state index contributed by atoms with van der Waals surface area (Å²) in [6.07, 6.45) is 1.07. The van der Waals surface area contributed by atoms with Gasteiger partial charge in [0, 0.05) is 20.9 Å². The van der Waals surface area contributed by atoms with E-state index in [2.05, 4.69) is 88.4 Å². The first-order chi connectivity index (χ1) is 11.0. The standard InChI is InChI=1S/C22H24S/c1-5-18-19(16-12-8-6-9-13-16)20(17-14-10-7-11-15-17)21(23-18)22(2,3)4/h6-15H,5H2,1-4H3. The van der Waals surface area contributed by atoms with Crippen LogP contribution in [0.2, 0.25) is 0 Å². The van der Waals surface area contributed by atoms with Crippen LogP contribution in [0.1, 0.15) is 37.4 Å². The average Bonchev–Trinajstić information content (AvgIpc) is 2.96. The Balaban J connectivity index is 2.36. The summed E-state index contributed by atoms with van der Waals surface area (Å²) in [7, 11) is 0. The van der Waals surface area contributed by atoms with Crippen molar-refractivity contribution in [3.05, 3.63) is 70.4 Å². The number of rotatable bonds is 3. The van der Waals surface area contributed by atoms with E-state index in [-0.39, 0.29) is 5.41 Å². The fourth-order valence-electron chi connectivity index (χ4n) is 3.05. The first-order valence-electron chi connectivity index (χ1n) is 8.29. The van der Waals surface area contributed by atoms with Gasteiger partial charge in [-0.2, -0.15) is 0 Å². The average molecular weight is 321 g/mol. The van der Waals surface area contributed by atoms with Crippen LogP contribution in [0.5, 0.6) is 0 Å². The van der Waals surface area contributed by atoms with E-state index in [1.54, 1.807) is 0 Å². The van der Waals surface area contributed by atoms with Gasteiger partial charge in [-0.05, 0) is 23.0 Å².